The monoisotopic (exact) mass is 157 g/mol. The highest BCUT2D eigenvalue weighted by molar-refractivity contribution is 4.84. The first-order valence-corrected chi connectivity index (χ1v) is 4.56. The van der Waals surface area contributed by atoms with Crippen LogP contribution in [0.5, 0.6) is 0 Å². The van der Waals surface area contributed by atoms with Gasteiger partial charge in [-0.1, -0.05) is 13.8 Å². The van der Waals surface area contributed by atoms with E-state index in [2.05, 4.69) is 19.2 Å². The molecule has 1 rings (SSSR count). The highest BCUT2D eigenvalue weighted by atomic mass is 16.3. The molecule has 0 radical (unpaired) electrons. The van der Waals surface area contributed by atoms with Gasteiger partial charge in [0.05, 0.1) is 0 Å². The molecule has 0 atom stereocenters. The molecule has 1 aliphatic carbocycles. The second kappa shape index (κ2) is 4.07. The fraction of sp³-hybridized carbons (Fsp3) is 1.00. The van der Waals surface area contributed by atoms with Crippen LogP contribution in [0.1, 0.15) is 26.7 Å². The highest BCUT2D eigenvalue weighted by Gasteiger charge is 2.27. The number of rotatable bonds is 4. The van der Waals surface area contributed by atoms with Gasteiger partial charge in [-0.05, 0) is 31.2 Å². The van der Waals surface area contributed by atoms with E-state index in [1.807, 2.05) is 0 Å². The molecule has 0 heterocycles. The molecule has 1 aliphatic rings. The van der Waals surface area contributed by atoms with Gasteiger partial charge in [-0.15, -0.1) is 0 Å². The summed E-state index contributed by atoms with van der Waals surface area (Å²) in [5, 5.41) is 12.2. The van der Waals surface area contributed by atoms with Crippen molar-refractivity contribution in [2.75, 3.05) is 13.2 Å². The third-order valence-corrected chi connectivity index (χ3v) is 2.31. The van der Waals surface area contributed by atoms with Crippen LogP contribution in [0.2, 0.25) is 0 Å². The van der Waals surface area contributed by atoms with Crippen molar-refractivity contribution in [2.45, 2.75) is 32.7 Å². The molecule has 2 N–H and O–H groups in total. The van der Waals surface area contributed by atoms with E-state index < -0.39 is 0 Å². The summed E-state index contributed by atoms with van der Waals surface area (Å²) in [4.78, 5) is 0. The normalized spacial score (nSPS) is 30.5. The Labute approximate surface area is 69.0 Å². The summed E-state index contributed by atoms with van der Waals surface area (Å²) in [7, 11) is 0. The van der Waals surface area contributed by atoms with E-state index in [1.165, 1.54) is 12.8 Å². The van der Waals surface area contributed by atoms with E-state index in [1.54, 1.807) is 0 Å². The second-order valence-electron chi connectivity index (χ2n) is 4.02. The maximum Gasteiger partial charge on any atom is 0.0460 e. The van der Waals surface area contributed by atoms with Crippen molar-refractivity contribution in [3.63, 3.8) is 0 Å². The molecule has 0 spiro atoms. The predicted octanol–water partition coefficient (Wildman–Crippen LogP) is 1.00. The van der Waals surface area contributed by atoms with Crippen LogP contribution in [0.15, 0.2) is 0 Å². The molecule has 0 amide bonds. The lowest BCUT2D eigenvalue weighted by atomic mass is 9.81. The zero-order chi connectivity index (χ0) is 8.27. The number of aliphatic hydroxyl groups excluding tert-OH is 1. The number of hydrogen-bond acceptors (Lipinski definition) is 2. The van der Waals surface area contributed by atoms with E-state index >= 15 is 0 Å². The van der Waals surface area contributed by atoms with Crippen molar-refractivity contribution in [3.05, 3.63) is 0 Å². The zero-order valence-corrected chi connectivity index (χ0v) is 7.51. The molecule has 0 aromatic carbocycles. The van der Waals surface area contributed by atoms with Crippen LogP contribution in [-0.4, -0.2) is 24.3 Å². The smallest absolute Gasteiger partial charge is 0.0460 e. The summed E-state index contributed by atoms with van der Waals surface area (Å²) in [5.41, 5.74) is 0. The van der Waals surface area contributed by atoms with Crippen molar-refractivity contribution in [1.82, 2.24) is 5.32 Å². The summed E-state index contributed by atoms with van der Waals surface area (Å²) in [6.07, 6.45) is 2.34. The van der Waals surface area contributed by atoms with Gasteiger partial charge < -0.3 is 10.4 Å². The molecule has 1 saturated carbocycles. The number of nitrogens with one attached hydrogen (secondary N) is 1. The Morgan fingerprint density at radius 1 is 1.45 bits per heavy atom. The van der Waals surface area contributed by atoms with Crippen molar-refractivity contribution < 1.29 is 5.11 Å². The summed E-state index contributed by atoms with van der Waals surface area (Å²) in [6, 6.07) is 0.689. The predicted molar refractivity (Wildman–Crippen MR) is 46.4 cm³/mol. The minimum Gasteiger partial charge on any atom is -0.396 e. The SMILES string of the molecule is CC(C)CN[C@H]1C[C@H](CO)C1. The van der Waals surface area contributed by atoms with Gasteiger partial charge in [0.2, 0.25) is 0 Å². The Balaban J connectivity index is 1.96. The molecular weight excluding hydrogens is 138 g/mol. The fourth-order valence-electron chi connectivity index (χ4n) is 1.45. The first-order valence-electron chi connectivity index (χ1n) is 4.56. The Morgan fingerprint density at radius 2 is 2.09 bits per heavy atom. The lowest BCUT2D eigenvalue weighted by Gasteiger charge is -2.35. The van der Waals surface area contributed by atoms with Crippen molar-refractivity contribution in [2.24, 2.45) is 11.8 Å². The lowest BCUT2D eigenvalue weighted by molar-refractivity contribution is 0.125. The molecule has 0 saturated heterocycles. The summed E-state index contributed by atoms with van der Waals surface area (Å²) < 4.78 is 0. The van der Waals surface area contributed by atoms with Crippen LogP contribution in [0.4, 0.5) is 0 Å². The average Bonchev–Trinajstić information content (AvgIpc) is 1.84. The molecule has 66 valence electrons. The third kappa shape index (κ3) is 2.80. The van der Waals surface area contributed by atoms with Crippen LogP contribution in [0.3, 0.4) is 0 Å². The van der Waals surface area contributed by atoms with E-state index in [0.29, 0.717) is 18.6 Å². The molecule has 11 heavy (non-hydrogen) atoms. The van der Waals surface area contributed by atoms with Crippen LogP contribution in [0, 0.1) is 11.8 Å². The molecule has 0 unspecified atom stereocenters. The Kier molecular flexibility index (Phi) is 3.34. The summed E-state index contributed by atoms with van der Waals surface area (Å²) in [6.45, 7) is 5.92. The van der Waals surface area contributed by atoms with Crippen molar-refractivity contribution >= 4 is 0 Å². The van der Waals surface area contributed by atoms with Gasteiger partial charge in [-0.25, -0.2) is 0 Å². The highest BCUT2D eigenvalue weighted by Crippen LogP contribution is 2.26. The Hall–Kier alpha value is -0.0800. The fourth-order valence-corrected chi connectivity index (χ4v) is 1.45. The van der Waals surface area contributed by atoms with Crippen LogP contribution < -0.4 is 5.32 Å². The maximum absolute atomic E-state index is 8.75. The number of aliphatic hydroxyl groups is 1. The van der Waals surface area contributed by atoms with E-state index in [-0.39, 0.29) is 0 Å². The molecular formula is C9H19NO. The van der Waals surface area contributed by atoms with Gasteiger partial charge in [-0.3, -0.25) is 0 Å². The zero-order valence-electron chi connectivity index (χ0n) is 7.51. The Morgan fingerprint density at radius 3 is 2.55 bits per heavy atom. The summed E-state index contributed by atoms with van der Waals surface area (Å²) in [5.74, 6) is 1.32. The first kappa shape index (κ1) is 9.01. The average molecular weight is 157 g/mol. The number of hydrogen-bond donors (Lipinski definition) is 2. The van der Waals surface area contributed by atoms with Crippen LogP contribution in [-0.2, 0) is 0 Å². The molecule has 0 bridgehead atoms. The first-order chi connectivity index (χ1) is 5.22. The molecule has 2 heteroatoms. The second-order valence-corrected chi connectivity index (χ2v) is 4.02. The van der Waals surface area contributed by atoms with Gasteiger partial charge in [0, 0.05) is 12.6 Å². The topological polar surface area (TPSA) is 32.3 Å². The van der Waals surface area contributed by atoms with Gasteiger partial charge >= 0.3 is 0 Å². The van der Waals surface area contributed by atoms with Gasteiger partial charge in [0.1, 0.15) is 0 Å². The minimum atomic E-state index is 0.375. The largest absolute Gasteiger partial charge is 0.396 e. The van der Waals surface area contributed by atoms with E-state index in [4.69, 9.17) is 5.11 Å². The molecule has 0 aromatic heterocycles. The van der Waals surface area contributed by atoms with Gasteiger partial charge in [0.15, 0.2) is 0 Å². The van der Waals surface area contributed by atoms with E-state index in [9.17, 15) is 0 Å². The van der Waals surface area contributed by atoms with E-state index in [0.717, 1.165) is 12.5 Å². The molecule has 0 aromatic rings. The van der Waals surface area contributed by atoms with Gasteiger partial charge in [0.25, 0.3) is 0 Å². The molecule has 0 aliphatic heterocycles. The summed E-state index contributed by atoms with van der Waals surface area (Å²) >= 11 is 0. The van der Waals surface area contributed by atoms with Crippen LogP contribution in [0.25, 0.3) is 0 Å². The van der Waals surface area contributed by atoms with Gasteiger partial charge in [-0.2, -0.15) is 0 Å². The minimum absolute atomic E-state index is 0.375. The Bertz CT molecular complexity index is 108. The standard InChI is InChI=1S/C9H19NO/c1-7(2)5-10-9-3-8(4-9)6-11/h7-11H,3-6H2,1-2H3/t8-,9-. The lowest BCUT2D eigenvalue weighted by Crippen LogP contribution is -2.43. The van der Waals surface area contributed by atoms with Crippen molar-refractivity contribution in [1.29, 1.82) is 0 Å². The third-order valence-electron chi connectivity index (χ3n) is 2.31. The molecule has 1 fully saturated rings. The van der Waals surface area contributed by atoms with Crippen LogP contribution >= 0.6 is 0 Å². The van der Waals surface area contributed by atoms with Crippen molar-refractivity contribution in [3.8, 4) is 0 Å². The maximum atomic E-state index is 8.75. The molecule has 2 nitrogen and oxygen atoms in total. The quantitative estimate of drug-likeness (QED) is 0.638.